The van der Waals surface area contributed by atoms with E-state index in [1.165, 1.54) is 18.5 Å². The first-order valence-electron chi connectivity index (χ1n) is 2.47. The van der Waals surface area contributed by atoms with Crippen molar-refractivity contribution in [3.05, 3.63) is 12.3 Å². The maximum absolute atomic E-state index is 10.4. The van der Waals surface area contributed by atoms with Gasteiger partial charge in [0.2, 0.25) is 5.91 Å². The first kappa shape index (κ1) is 6.22. The number of nitrogens with one attached hydrogen (secondary N) is 1. The molecule has 3 nitrogen and oxygen atoms in total. The Hall–Kier alpha value is -0.900. The van der Waals surface area contributed by atoms with Crippen LogP contribution in [0.1, 0.15) is 6.92 Å². The Morgan fingerprint density at radius 1 is 1.89 bits per heavy atom. The highest BCUT2D eigenvalue weighted by Gasteiger charge is 1.93. The van der Waals surface area contributed by atoms with Crippen molar-refractivity contribution >= 4 is 22.4 Å². The smallest absolute Gasteiger partial charge is 0.221 e. The lowest BCUT2D eigenvalue weighted by Gasteiger charge is -1.91. The van der Waals surface area contributed by atoms with Gasteiger partial charge in [-0.1, -0.05) is 0 Å². The van der Waals surface area contributed by atoms with E-state index in [9.17, 15) is 4.79 Å². The number of carbonyl (C=O) groups is 1. The quantitative estimate of drug-likeness (QED) is 0.638. The average molecular weight is 142 g/mol. The lowest BCUT2D eigenvalue weighted by atomic mass is 10.6. The van der Waals surface area contributed by atoms with Crippen LogP contribution in [0, 0.1) is 0 Å². The summed E-state index contributed by atoms with van der Waals surface area (Å²) in [7, 11) is 0. The summed E-state index contributed by atoms with van der Waals surface area (Å²) in [6.07, 6.45) is 1.65. The van der Waals surface area contributed by atoms with Crippen LogP contribution in [0.3, 0.4) is 0 Å². The number of nitrogens with zero attached hydrogens (tertiary/aromatic N) is 1. The SMILES string of the molecule is CC(=O)Nc1ccns1. The molecule has 0 unspecified atom stereocenters. The van der Waals surface area contributed by atoms with Crippen molar-refractivity contribution in [3.8, 4) is 0 Å². The number of amides is 1. The molecule has 0 radical (unpaired) electrons. The molecule has 1 aromatic rings. The average Bonchev–Trinajstić information content (AvgIpc) is 2.15. The molecule has 0 bridgehead atoms. The molecule has 0 aromatic carbocycles. The molecule has 0 saturated heterocycles. The fraction of sp³-hybridized carbons (Fsp3) is 0.200. The highest BCUT2D eigenvalue weighted by atomic mass is 32.1. The van der Waals surface area contributed by atoms with Crippen LogP contribution in [-0.4, -0.2) is 10.3 Å². The molecular formula is C5H6N2OS. The Morgan fingerprint density at radius 3 is 3.11 bits per heavy atom. The van der Waals surface area contributed by atoms with Crippen LogP contribution in [-0.2, 0) is 4.79 Å². The molecule has 0 aliphatic heterocycles. The molecule has 48 valence electrons. The maximum atomic E-state index is 10.4. The molecule has 0 fully saturated rings. The molecule has 1 aromatic heterocycles. The van der Waals surface area contributed by atoms with Gasteiger partial charge in [0, 0.05) is 13.1 Å². The second kappa shape index (κ2) is 2.59. The number of anilines is 1. The first-order valence-corrected chi connectivity index (χ1v) is 3.24. The number of hydrogen-bond donors (Lipinski definition) is 1. The standard InChI is InChI=1S/C5H6N2OS/c1-4(8)7-5-2-3-6-9-5/h2-3H,1H3,(H,7,8). The minimum Gasteiger partial charge on any atom is -0.317 e. The summed E-state index contributed by atoms with van der Waals surface area (Å²) in [6.45, 7) is 1.47. The topological polar surface area (TPSA) is 42.0 Å². The third-order valence-corrected chi connectivity index (χ3v) is 1.40. The van der Waals surface area contributed by atoms with Crippen molar-refractivity contribution in [2.75, 3.05) is 5.32 Å². The van der Waals surface area contributed by atoms with Crippen molar-refractivity contribution in [3.63, 3.8) is 0 Å². The first-order chi connectivity index (χ1) is 4.29. The van der Waals surface area contributed by atoms with Gasteiger partial charge in [-0.05, 0) is 17.6 Å². The molecule has 1 heterocycles. The molecule has 0 spiro atoms. The van der Waals surface area contributed by atoms with Gasteiger partial charge in [-0.25, -0.2) is 0 Å². The van der Waals surface area contributed by atoms with E-state index in [1.807, 2.05) is 0 Å². The summed E-state index contributed by atoms with van der Waals surface area (Å²) in [5.74, 6) is -0.0562. The van der Waals surface area contributed by atoms with Crippen LogP contribution in [0.5, 0.6) is 0 Å². The van der Waals surface area contributed by atoms with E-state index in [0.29, 0.717) is 0 Å². The van der Waals surface area contributed by atoms with Crippen molar-refractivity contribution < 1.29 is 4.79 Å². The Balaban J connectivity index is 2.58. The van der Waals surface area contributed by atoms with Crippen LogP contribution < -0.4 is 5.32 Å². The number of hydrogen-bond acceptors (Lipinski definition) is 3. The van der Waals surface area contributed by atoms with E-state index < -0.39 is 0 Å². The van der Waals surface area contributed by atoms with E-state index >= 15 is 0 Å². The van der Waals surface area contributed by atoms with Crippen LogP contribution >= 0.6 is 11.5 Å². The van der Waals surface area contributed by atoms with Crippen molar-refractivity contribution in [2.24, 2.45) is 0 Å². The predicted octanol–water partition coefficient (Wildman–Crippen LogP) is 1.10. The molecule has 1 N–H and O–H groups in total. The summed E-state index contributed by atoms with van der Waals surface area (Å²) < 4.78 is 3.80. The summed E-state index contributed by atoms with van der Waals surface area (Å²) >= 11 is 1.27. The largest absolute Gasteiger partial charge is 0.317 e. The van der Waals surface area contributed by atoms with E-state index in [4.69, 9.17) is 0 Å². The molecule has 1 rings (SSSR count). The number of rotatable bonds is 1. The second-order valence-corrected chi connectivity index (χ2v) is 2.39. The Bertz CT molecular complexity index is 195. The normalized spacial score (nSPS) is 9.00. The Labute approximate surface area is 56.9 Å². The van der Waals surface area contributed by atoms with Crippen LogP contribution in [0.25, 0.3) is 0 Å². The summed E-state index contributed by atoms with van der Waals surface area (Å²) in [4.78, 5) is 10.4. The van der Waals surface area contributed by atoms with Gasteiger partial charge in [-0.3, -0.25) is 4.79 Å². The van der Waals surface area contributed by atoms with Gasteiger partial charge < -0.3 is 5.32 Å². The predicted molar refractivity (Wildman–Crippen MR) is 36.4 cm³/mol. The fourth-order valence-electron chi connectivity index (χ4n) is 0.454. The molecule has 0 atom stereocenters. The minimum absolute atomic E-state index is 0.0562. The van der Waals surface area contributed by atoms with E-state index in [2.05, 4.69) is 9.69 Å². The van der Waals surface area contributed by atoms with E-state index in [0.717, 1.165) is 5.00 Å². The summed E-state index contributed by atoms with van der Waals surface area (Å²) in [6, 6.07) is 1.76. The summed E-state index contributed by atoms with van der Waals surface area (Å²) in [5, 5.41) is 3.40. The van der Waals surface area contributed by atoms with E-state index in [-0.39, 0.29) is 5.91 Å². The lowest BCUT2D eigenvalue weighted by molar-refractivity contribution is -0.114. The minimum atomic E-state index is -0.0562. The molecule has 0 saturated carbocycles. The van der Waals surface area contributed by atoms with Crippen LogP contribution in [0.2, 0.25) is 0 Å². The maximum Gasteiger partial charge on any atom is 0.221 e. The molecule has 9 heavy (non-hydrogen) atoms. The van der Waals surface area contributed by atoms with Crippen LogP contribution in [0.15, 0.2) is 12.3 Å². The zero-order chi connectivity index (χ0) is 6.69. The molecular weight excluding hydrogens is 136 g/mol. The van der Waals surface area contributed by atoms with Gasteiger partial charge in [0.25, 0.3) is 0 Å². The highest BCUT2D eigenvalue weighted by molar-refractivity contribution is 7.10. The van der Waals surface area contributed by atoms with Gasteiger partial charge in [0.15, 0.2) is 0 Å². The molecule has 1 amide bonds. The third-order valence-electron chi connectivity index (χ3n) is 0.737. The number of aromatic nitrogens is 1. The van der Waals surface area contributed by atoms with Gasteiger partial charge >= 0.3 is 0 Å². The zero-order valence-corrected chi connectivity index (χ0v) is 5.73. The molecule has 0 aliphatic rings. The lowest BCUT2D eigenvalue weighted by Crippen LogP contribution is -2.03. The van der Waals surface area contributed by atoms with Gasteiger partial charge in [-0.15, -0.1) is 0 Å². The second-order valence-electron chi connectivity index (χ2n) is 1.56. The Kier molecular flexibility index (Phi) is 1.79. The molecule has 0 aliphatic carbocycles. The molecule has 4 heteroatoms. The van der Waals surface area contributed by atoms with E-state index in [1.54, 1.807) is 12.3 Å². The highest BCUT2D eigenvalue weighted by Crippen LogP contribution is 2.10. The third kappa shape index (κ3) is 1.81. The van der Waals surface area contributed by atoms with Crippen molar-refractivity contribution in [2.45, 2.75) is 6.92 Å². The fourth-order valence-corrected chi connectivity index (χ4v) is 1.00. The van der Waals surface area contributed by atoms with Crippen LogP contribution in [0.4, 0.5) is 5.00 Å². The van der Waals surface area contributed by atoms with Gasteiger partial charge in [0.1, 0.15) is 5.00 Å². The Morgan fingerprint density at radius 2 is 2.67 bits per heavy atom. The zero-order valence-electron chi connectivity index (χ0n) is 4.92. The summed E-state index contributed by atoms with van der Waals surface area (Å²) in [5.41, 5.74) is 0. The van der Waals surface area contributed by atoms with Crippen molar-refractivity contribution in [1.29, 1.82) is 0 Å². The van der Waals surface area contributed by atoms with Crippen molar-refractivity contribution in [1.82, 2.24) is 4.37 Å². The number of carbonyl (C=O) groups excluding carboxylic acids is 1. The monoisotopic (exact) mass is 142 g/mol. The van der Waals surface area contributed by atoms with Gasteiger partial charge in [0.05, 0.1) is 0 Å². The van der Waals surface area contributed by atoms with Gasteiger partial charge in [-0.2, -0.15) is 4.37 Å².